The Balaban J connectivity index is 1.76. The molecule has 1 aliphatic rings. The maximum absolute atomic E-state index is 12.3. The fourth-order valence-corrected chi connectivity index (χ4v) is 2.59. The summed E-state index contributed by atoms with van der Waals surface area (Å²) >= 11 is 0. The predicted octanol–water partition coefficient (Wildman–Crippen LogP) is 2.67. The van der Waals surface area contributed by atoms with Crippen LogP contribution >= 0.6 is 0 Å². The van der Waals surface area contributed by atoms with Crippen LogP contribution in [0.4, 0.5) is 11.4 Å². The summed E-state index contributed by atoms with van der Waals surface area (Å²) in [4.78, 5) is 25.7. The standard InChI is InChI=1S/C18H18N2O3/c1-12-4-3-5-14(8-12)19-17(21)10-20-11-18(22)23-16-7-6-13(2)9-15(16)20/h3-9H,10-11H2,1-2H3,(H,19,21). The van der Waals surface area contributed by atoms with Crippen LogP contribution in [0.1, 0.15) is 11.1 Å². The van der Waals surface area contributed by atoms with Gasteiger partial charge in [0.25, 0.3) is 0 Å². The molecule has 5 heteroatoms. The maximum Gasteiger partial charge on any atom is 0.331 e. The van der Waals surface area contributed by atoms with E-state index in [1.165, 1.54) is 0 Å². The van der Waals surface area contributed by atoms with Gasteiger partial charge in [-0.05, 0) is 49.2 Å². The number of fused-ring (bicyclic) bond motifs is 1. The topological polar surface area (TPSA) is 58.6 Å². The zero-order valence-electron chi connectivity index (χ0n) is 13.1. The number of amides is 1. The van der Waals surface area contributed by atoms with Crippen LogP contribution < -0.4 is 15.0 Å². The highest BCUT2D eigenvalue weighted by Gasteiger charge is 2.25. The van der Waals surface area contributed by atoms with E-state index in [1.54, 1.807) is 11.0 Å². The Morgan fingerprint density at radius 1 is 1.17 bits per heavy atom. The number of nitrogens with zero attached hydrogens (tertiary/aromatic N) is 1. The van der Waals surface area contributed by atoms with Crippen molar-refractivity contribution in [1.29, 1.82) is 0 Å². The fraction of sp³-hybridized carbons (Fsp3) is 0.222. The van der Waals surface area contributed by atoms with E-state index in [0.717, 1.165) is 22.5 Å². The van der Waals surface area contributed by atoms with E-state index in [-0.39, 0.29) is 25.0 Å². The van der Waals surface area contributed by atoms with Crippen molar-refractivity contribution in [2.24, 2.45) is 0 Å². The monoisotopic (exact) mass is 310 g/mol. The van der Waals surface area contributed by atoms with Gasteiger partial charge in [0.2, 0.25) is 5.91 Å². The second kappa shape index (κ2) is 6.12. The molecule has 0 radical (unpaired) electrons. The number of carbonyl (C=O) groups is 2. The van der Waals surface area contributed by atoms with Gasteiger partial charge in [0.05, 0.1) is 12.2 Å². The molecule has 0 atom stereocenters. The van der Waals surface area contributed by atoms with Crippen molar-refractivity contribution in [3.63, 3.8) is 0 Å². The molecule has 23 heavy (non-hydrogen) atoms. The van der Waals surface area contributed by atoms with Crippen LogP contribution in [-0.4, -0.2) is 25.0 Å². The molecule has 0 spiro atoms. The number of hydrogen-bond acceptors (Lipinski definition) is 4. The molecule has 1 amide bonds. The number of benzene rings is 2. The number of rotatable bonds is 3. The normalized spacial score (nSPS) is 13.3. The number of hydrogen-bond donors (Lipinski definition) is 1. The molecule has 0 bridgehead atoms. The third kappa shape index (κ3) is 3.51. The molecule has 0 saturated heterocycles. The smallest absolute Gasteiger partial charge is 0.331 e. The van der Waals surface area contributed by atoms with Crippen LogP contribution in [0.5, 0.6) is 5.75 Å². The van der Waals surface area contributed by atoms with Gasteiger partial charge < -0.3 is 15.0 Å². The Morgan fingerprint density at radius 3 is 2.74 bits per heavy atom. The average Bonchev–Trinajstić information content (AvgIpc) is 2.48. The fourth-order valence-electron chi connectivity index (χ4n) is 2.59. The first-order chi connectivity index (χ1) is 11.0. The van der Waals surface area contributed by atoms with Gasteiger partial charge in [0.15, 0.2) is 5.75 Å². The Bertz CT molecular complexity index is 771. The van der Waals surface area contributed by atoms with Gasteiger partial charge in [0.1, 0.15) is 6.54 Å². The van der Waals surface area contributed by atoms with Gasteiger partial charge in [-0.3, -0.25) is 4.79 Å². The highest BCUT2D eigenvalue weighted by atomic mass is 16.5. The van der Waals surface area contributed by atoms with E-state index < -0.39 is 0 Å². The summed E-state index contributed by atoms with van der Waals surface area (Å²) in [5.74, 6) is -0.0299. The first-order valence-electron chi connectivity index (χ1n) is 7.44. The van der Waals surface area contributed by atoms with Gasteiger partial charge in [0, 0.05) is 5.69 Å². The lowest BCUT2D eigenvalue weighted by Crippen LogP contribution is -2.41. The SMILES string of the molecule is Cc1cccc(NC(=O)CN2CC(=O)Oc3ccc(C)cc32)c1. The summed E-state index contributed by atoms with van der Waals surface area (Å²) in [5, 5.41) is 2.86. The third-order valence-electron chi connectivity index (χ3n) is 3.64. The molecule has 1 aliphatic heterocycles. The summed E-state index contributed by atoms with van der Waals surface area (Å²) < 4.78 is 5.22. The van der Waals surface area contributed by atoms with E-state index in [2.05, 4.69) is 5.32 Å². The van der Waals surface area contributed by atoms with Crippen molar-refractivity contribution in [3.8, 4) is 5.75 Å². The van der Waals surface area contributed by atoms with Gasteiger partial charge in [-0.2, -0.15) is 0 Å². The van der Waals surface area contributed by atoms with Crippen molar-refractivity contribution in [1.82, 2.24) is 0 Å². The van der Waals surface area contributed by atoms with Crippen molar-refractivity contribution >= 4 is 23.3 Å². The molecule has 0 fully saturated rings. The van der Waals surface area contributed by atoms with E-state index >= 15 is 0 Å². The minimum absolute atomic E-state index is 0.0672. The number of ether oxygens (including phenoxy) is 1. The number of nitrogens with one attached hydrogen (secondary N) is 1. The molecule has 2 aromatic rings. The van der Waals surface area contributed by atoms with Crippen LogP contribution in [0.25, 0.3) is 0 Å². The van der Waals surface area contributed by atoms with Crippen molar-refractivity contribution in [2.45, 2.75) is 13.8 Å². The van der Waals surface area contributed by atoms with E-state index in [9.17, 15) is 9.59 Å². The molecule has 2 aromatic carbocycles. The van der Waals surface area contributed by atoms with Gasteiger partial charge in [-0.25, -0.2) is 4.79 Å². The van der Waals surface area contributed by atoms with Gasteiger partial charge in [-0.1, -0.05) is 18.2 Å². The zero-order chi connectivity index (χ0) is 16.4. The molecule has 0 aliphatic carbocycles. The largest absolute Gasteiger partial charge is 0.423 e. The number of carbonyl (C=O) groups excluding carboxylic acids is 2. The van der Waals surface area contributed by atoms with Crippen LogP contribution in [0, 0.1) is 13.8 Å². The molecule has 3 rings (SSSR count). The summed E-state index contributed by atoms with van der Waals surface area (Å²) in [6.45, 7) is 4.09. The highest BCUT2D eigenvalue weighted by Crippen LogP contribution is 2.32. The van der Waals surface area contributed by atoms with E-state index in [0.29, 0.717) is 5.75 Å². The molecule has 0 saturated carbocycles. The third-order valence-corrected chi connectivity index (χ3v) is 3.64. The number of esters is 1. The molecule has 1 heterocycles. The first kappa shape index (κ1) is 15.1. The Kier molecular flexibility index (Phi) is 4.02. The van der Waals surface area contributed by atoms with E-state index in [4.69, 9.17) is 4.74 Å². The van der Waals surface area contributed by atoms with Crippen LogP contribution in [0.15, 0.2) is 42.5 Å². The zero-order valence-corrected chi connectivity index (χ0v) is 13.1. The summed E-state index contributed by atoms with van der Waals surface area (Å²) in [5.41, 5.74) is 3.64. The van der Waals surface area contributed by atoms with Gasteiger partial charge in [-0.15, -0.1) is 0 Å². The lowest BCUT2D eigenvalue weighted by Gasteiger charge is -2.29. The Morgan fingerprint density at radius 2 is 1.96 bits per heavy atom. The molecule has 0 aromatic heterocycles. The highest BCUT2D eigenvalue weighted by molar-refractivity contribution is 5.96. The van der Waals surface area contributed by atoms with Crippen LogP contribution in [0.3, 0.4) is 0 Å². The summed E-state index contributed by atoms with van der Waals surface area (Å²) in [6, 6.07) is 13.2. The maximum atomic E-state index is 12.3. The second-order valence-electron chi connectivity index (χ2n) is 5.72. The summed E-state index contributed by atoms with van der Waals surface area (Å²) in [6.07, 6.45) is 0. The number of anilines is 2. The molecule has 5 nitrogen and oxygen atoms in total. The molecular weight excluding hydrogens is 292 g/mol. The molecule has 1 N–H and O–H groups in total. The lowest BCUT2D eigenvalue weighted by atomic mass is 10.1. The van der Waals surface area contributed by atoms with E-state index in [1.807, 2.05) is 50.2 Å². The van der Waals surface area contributed by atoms with Crippen LogP contribution in [0.2, 0.25) is 0 Å². The average molecular weight is 310 g/mol. The molecule has 0 unspecified atom stereocenters. The van der Waals surface area contributed by atoms with Crippen molar-refractivity contribution in [3.05, 3.63) is 53.6 Å². The quantitative estimate of drug-likeness (QED) is 0.699. The molecular formula is C18H18N2O3. The van der Waals surface area contributed by atoms with Gasteiger partial charge >= 0.3 is 5.97 Å². The lowest BCUT2D eigenvalue weighted by molar-refractivity contribution is -0.133. The first-order valence-corrected chi connectivity index (χ1v) is 7.44. The van der Waals surface area contributed by atoms with Crippen LogP contribution in [-0.2, 0) is 9.59 Å². The van der Waals surface area contributed by atoms with Crippen molar-refractivity contribution < 1.29 is 14.3 Å². The second-order valence-corrected chi connectivity index (χ2v) is 5.72. The molecule has 118 valence electrons. The predicted molar refractivity (Wildman–Crippen MR) is 88.8 cm³/mol. The summed E-state index contributed by atoms with van der Waals surface area (Å²) in [7, 11) is 0. The minimum Gasteiger partial charge on any atom is -0.423 e. The minimum atomic E-state index is -0.357. The van der Waals surface area contributed by atoms with Crippen molar-refractivity contribution in [2.75, 3.05) is 23.3 Å². The Labute approximate surface area is 134 Å². The Hall–Kier alpha value is -2.82. The number of aryl methyl sites for hydroxylation is 2.